The Kier molecular flexibility index (Phi) is 5.91. The average Bonchev–Trinajstić information content (AvgIpc) is 2.71. The van der Waals surface area contributed by atoms with E-state index < -0.39 is 6.03 Å². The highest BCUT2D eigenvalue weighted by atomic mass is 35.5. The molecule has 0 fully saturated rings. The number of amides is 2. The summed E-state index contributed by atoms with van der Waals surface area (Å²) in [6.07, 6.45) is 0. The highest BCUT2D eigenvalue weighted by Gasteiger charge is 2.26. The van der Waals surface area contributed by atoms with E-state index in [1.807, 2.05) is 19.1 Å². The van der Waals surface area contributed by atoms with Crippen LogP contribution in [0.25, 0.3) is 0 Å². The van der Waals surface area contributed by atoms with Gasteiger partial charge >= 0.3 is 6.03 Å². The topological polar surface area (TPSA) is 73.2 Å². The zero-order valence-electron chi connectivity index (χ0n) is 15.1. The summed E-state index contributed by atoms with van der Waals surface area (Å²) in [5.41, 5.74) is 2.37. The number of hydrogen-bond donors (Lipinski definition) is 1. The van der Waals surface area contributed by atoms with Gasteiger partial charge in [0.05, 0.1) is 17.5 Å². The molecule has 0 aliphatic rings. The normalized spacial score (nSPS) is 10.4. The molecular weight excluding hydrogens is 378 g/mol. The number of carbonyl (C=O) groups is 1. The zero-order valence-corrected chi connectivity index (χ0v) is 15.9. The zero-order chi connectivity index (χ0) is 20.1. The van der Waals surface area contributed by atoms with E-state index in [0.29, 0.717) is 22.0 Å². The van der Waals surface area contributed by atoms with Gasteiger partial charge in [-0.05, 0) is 49.4 Å². The number of nitroso groups, excluding NO2 is 1. The number of urea groups is 1. The van der Waals surface area contributed by atoms with Crippen LogP contribution in [0.2, 0.25) is 5.02 Å². The number of aryl methyl sites for hydroxylation is 1. The Morgan fingerprint density at radius 2 is 1.68 bits per heavy atom. The van der Waals surface area contributed by atoms with Crippen LogP contribution in [0.4, 0.5) is 16.2 Å². The number of carbonyl (C=O) groups excluding carboxylic acids is 1. The molecule has 3 aromatic rings. The maximum absolute atomic E-state index is 13.2. The second-order valence-corrected chi connectivity index (χ2v) is 6.64. The lowest BCUT2D eigenvalue weighted by atomic mass is 10.1. The predicted octanol–water partition coefficient (Wildman–Crippen LogP) is 5.67. The van der Waals surface area contributed by atoms with Crippen LogP contribution < -0.4 is 9.91 Å². The number of para-hydroxylation sites is 1. The average molecular weight is 396 g/mol. The molecule has 0 spiro atoms. The summed E-state index contributed by atoms with van der Waals surface area (Å²) in [6, 6.07) is 19.6. The lowest BCUT2D eigenvalue weighted by Crippen LogP contribution is -2.40. The van der Waals surface area contributed by atoms with Crippen molar-refractivity contribution in [1.82, 2.24) is 0 Å². The van der Waals surface area contributed by atoms with Gasteiger partial charge < -0.3 is 5.11 Å². The maximum atomic E-state index is 13.2. The van der Waals surface area contributed by atoms with Gasteiger partial charge in [-0.2, -0.15) is 0 Å². The van der Waals surface area contributed by atoms with Gasteiger partial charge in [-0.25, -0.2) is 4.79 Å². The molecule has 2 amide bonds. The van der Waals surface area contributed by atoms with Crippen LogP contribution in [-0.2, 0) is 6.54 Å². The molecule has 0 atom stereocenters. The van der Waals surface area contributed by atoms with Gasteiger partial charge in [0.25, 0.3) is 0 Å². The van der Waals surface area contributed by atoms with Gasteiger partial charge in [-0.15, -0.1) is 9.92 Å². The highest BCUT2D eigenvalue weighted by molar-refractivity contribution is 6.30. The number of benzene rings is 3. The fourth-order valence-corrected chi connectivity index (χ4v) is 2.92. The standard InChI is InChI=1S/C21H18ClN3O3/c1-15-7-10-18(11-8-15)24(14-16-13-17(22)9-12-20(16)26)21(27)25(23-28)19-5-3-2-4-6-19/h2-13,26H,14H2,1H3. The molecule has 3 aromatic carbocycles. The Hall–Kier alpha value is -3.38. The summed E-state index contributed by atoms with van der Waals surface area (Å²) in [5, 5.41) is 14.3. The first-order valence-electron chi connectivity index (χ1n) is 8.53. The Balaban J connectivity index is 2.02. The third-order valence-electron chi connectivity index (χ3n) is 4.21. The minimum atomic E-state index is -0.649. The van der Waals surface area contributed by atoms with Gasteiger partial charge in [0.1, 0.15) is 5.75 Å². The van der Waals surface area contributed by atoms with Gasteiger partial charge in [0, 0.05) is 16.3 Å². The van der Waals surface area contributed by atoms with E-state index in [1.165, 1.54) is 11.0 Å². The first-order valence-corrected chi connectivity index (χ1v) is 8.91. The largest absolute Gasteiger partial charge is 0.508 e. The van der Waals surface area contributed by atoms with E-state index >= 15 is 0 Å². The summed E-state index contributed by atoms with van der Waals surface area (Å²) < 4.78 is 0. The molecule has 0 aliphatic heterocycles. The monoisotopic (exact) mass is 395 g/mol. The van der Waals surface area contributed by atoms with Gasteiger partial charge in [-0.3, -0.25) is 4.90 Å². The minimum absolute atomic E-state index is 0.000338. The number of anilines is 2. The number of phenolic OH excluding ortho intramolecular Hbond substituents is 1. The predicted molar refractivity (Wildman–Crippen MR) is 111 cm³/mol. The van der Waals surface area contributed by atoms with Crippen molar-refractivity contribution in [1.29, 1.82) is 0 Å². The van der Waals surface area contributed by atoms with Crippen molar-refractivity contribution in [2.24, 2.45) is 5.29 Å². The van der Waals surface area contributed by atoms with Crippen LogP contribution in [0.3, 0.4) is 0 Å². The number of halogens is 1. The highest BCUT2D eigenvalue weighted by Crippen LogP contribution is 2.28. The molecule has 28 heavy (non-hydrogen) atoms. The maximum Gasteiger partial charge on any atom is 0.352 e. The SMILES string of the molecule is Cc1ccc(N(Cc2cc(Cl)ccc2O)C(=O)N(N=O)c2ccccc2)cc1. The first kappa shape index (κ1) is 19.4. The van der Waals surface area contributed by atoms with Crippen LogP contribution >= 0.6 is 11.6 Å². The smallest absolute Gasteiger partial charge is 0.352 e. The molecule has 0 bridgehead atoms. The molecule has 142 valence electrons. The van der Waals surface area contributed by atoms with Gasteiger partial charge in [0.15, 0.2) is 0 Å². The minimum Gasteiger partial charge on any atom is -0.508 e. The number of hydrogen-bond acceptors (Lipinski definition) is 4. The van der Waals surface area contributed by atoms with E-state index in [2.05, 4.69) is 5.29 Å². The van der Waals surface area contributed by atoms with Crippen molar-refractivity contribution >= 4 is 29.0 Å². The Bertz CT molecular complexity index is 978. The first-order chi connectivity index (χ1) is 13.5. The van der Waals surface area contributed by atoms with E-state index in [9.17, 15) is 14.8 Å². The number of rotatable bonds is 5. The summed E-state index contributed by atoms with van der Waals surface area (Å²) in [6.45, 7) is 1.94. The fourth-order valence-electron chi connectivity index (χ4n) is 2.72. The van der Waals surface area contributed by atoms with Crippen molar-refractivity contribution in [2.75, 3.05) is 9.91 Å². The summed E-state index contributed by atoms with van der Waals surface area (Å²) in [7, 11) is 0. The molecule has 0 radical (unpaired) electrons. The summed E-state index contributed by atoms with van der Waals surface area (Å²) >= 11 is 6.04. The lowest BCUT2D eigenvalue weighted by Gasteiger charge is -2.26. The van der Waals surface area contributed by atoms with Crippen LogP contribution in [0.5, 0.6) is 5.75 Å². The Morgan fingerprint density at radius 1 is 1.00 bits per heavy atom. The van der Waals surface area contributed by atoms with Crippen LogP contribution in [0.1, 0.15) is 11.1 Å². The number of nitrogens with zero attached hydrogens (tertiary/aromatic N) is 3. The van der Waals surface area contributed by atoms with Crippen molar-refractivity contribution in [3.63, 3.8) is 0 Å². The summed E-state index contributed by atoms with van der Waals surface area (Å²) in [5.74, 6) is -0.000338. The molecular formula is C21H18ClN3O3. The molecule has 0 heterocycles. The summed E-state index contributed by atoms with van der Waals surface area (Å²) in [4.78, 5) is 26.0. The van der Waals surface area contributed by atoms with Crippen LogP contribution in [-0.4, -0.2) is 11.1 Å². The molecule has 3 rings (SSSR count). The Morgan fingerprint density at radius 3 is 2.32 bits per heavy atom. The van der Waals surface area contributed by atoms with Gasteiger partial charge in [0.2, 0.25) is 0 Å². The molecule has 0 saturated heterocycles. The van der Waals surface area contributed by atoms with E-state index in [0.717, 1.165) is 10.6 Å². The Labute approximate surface area is 167 Å². The lowest BCUT2D eigenvalue weighted by molar-refractivity contribution is 0.251. The van der Waals surface area contributed by atoms with Gasteiger partial charge in [-0.1, -0.05) is 47.5 Å². The molecule has 7 heteroatoms. The second-order valence-electron chi connectivity index (χ2n) is 6.21. The molecule has 0 unspecified atom stereocenters. The van der Waals surface area contributed by atoms with Crippen LogP contribution in [0, 0.1) is 11.8 Å². The molecule has 6 nitrogen and oxygen atoms in total. The van der Waals surface area contributed by atoms with Crippen molar-refractivity contribution in [3.05, 3.63) is 93.9 Å². The van der Waals surface area contributed by atoms with Crippen molar-refractivity contribution in [3.8, 4) is 5.75 Å². The van der Waals surface area contributed by atoms with Crippen molar-refractivity contribution in [2.45, 2.75) is 13.5 Å². The van der Waals surface area contributed by atoms with E-state index in [1.54, 1.807) is 54.6 Å². The van der Waals surface area contributed by atoms with Crippen LogP contribution in [0.15, 0.2) is 78.1 Å². The molecule has 0 saturated carbocycles. The third kappa shape index (κ3) is 4.29. The third-order valence-corrected chi connectivity index (χ3v) is 4.45. The van der Waals surface area contributed by atoms with E-state index in [-0.39, 0.29) is 12.3 Å². The van der Waals surface area contributed by atoms with E-state index in [4.69, 9.17) is 11.6 Å². The molecule has 0 aliphatic carbocycles. The number of aromatic hydroxyl groups is 1. The molecule has 1 N–H and O–H groups in total. The fraction of sp³-hybridized carbons (Fsp3) is 0.0952. The second kappa shape index (κ2) is 8.54. The number of phenols is 1. The van der Waals surface area contributed by atoms with Crippen molar-refractivity contribution < 1.29 is 9.90 Å². The quantitative estimate of drug-likeness (QED) is 0.447. The molecule has 0 aromatic heterocycles.